The normalized spacial score (nSPS) is 14.8. The molecule has 0 fully saturated rings. The van der Waals surface area contributed by atoms with Crippen molar-refractivity contribution < 1.29 is 13.2 Å². The van der Waals surface area contributed by atoms with Gasteiger partial charge < -0.3 is 5.32 Å². The van der Waals surface area contributed by atoms with Gasteiger partial charge in [-0.1, -0.05) is 12.1 Å². The number of halogens is 3. The molecule has 2 heterocycles. The molecule has 0 aliphatic carbocycles. The molecule has 1 aromatic heterocycles. The van der Waals surface area contributed by atoms with Crippen LogP contribution < -0.4 is 5.32 Å². The molecule has 0 saturated heterocycles. The number of hydrogen-bond acceptors (Lipinski definition) is 2. The lowest BCUT2D eigenvalue weighted by molar-refractivity contribution is -0.137. The average Bonchev–Trinajstić information content (AvgIpc) is 2.76. The van der Waals surface area contributed by atoms with Gasteiger partial charge in [-0.15, -0.1) is 0 Å². The molecule has 2 nitrogen and oxygen atoms in total. The Bertz CT molecular complexity index is 882. The van der Waals surface area contributed by atoms with Crippen LogP contribution >= 0.6 is 11.9 Å². The van der Waals surface area contributed by atoms with E-state index in [1.54, 1.807) is 0 Å². The van der Waals surface area contributed by atoms with E-state index in [1.165, 1.54) is 40.6 Å². The Balaban J connectivity index is 1.70. The van der Waals surface area contributed by atoms with E-state index < -0.39 is 11.7 Å². The maximum absolute atomic E-state index is 12.7. The smallest absolute Gasteiger partial charge is 0.312 e. The van der Waals surface area contributed by atoms with Crippen molar-refractivity contribution in [1.29, 1.82) is 0 Å². The van der Waals surface area contributed by atoms with Gasteiger partial charge in [-0.25, -0.2) is 0 Å². The molecule has 2 aromatic carbocycles. The molecule has 0 spiro atoms. The van der Waals surface area contributed by atoms with Crippen molar-refractivity contribution in [3.05, 3.63) is 65.4 Å². The van der Waals surface area contributed by atoms with Gasteiger partial charge in [-0.05, 0) is 66.4 Å². The largest absolute Gasteiger partial charge is 0.416 e. The molecule has 4 rings (SSSR count). The molecule has 3 aromatic rings. The van der Waals surface area contributed by atoms with Crippen LogP contribution in [-0.2, 0) is 19.1 Å². The van der Waals surface area contributed by atoms with E-state index in [9.17, 15) is 13.2 Å². The number of hydrogen-bond donors (Lipinski definition) is 1. The number of rotatable bonds is 2. The highest BCUT2D eigenvalue weighted by atomic mass is 32.2. The molecule has 0 unspecified atom stereocenters. The van der Waals surface area contributed by atoms with Crippen LogP contribution in [0.4, 0.5) is 13.2 Å². The Hall–Kier alpha value is -1.92. The third-order valence-electron chi connectivity index (χ3n) is 4.23. The van der Waals surface area contributed by atoms with Crippen molar-refractivity contribution in [1.82, 2.24) is 9.29 Å². The van der Waals surface area contributed by atoms with Crippen LogP contribution in [0.2, 0.25) is 0 Å². The van der Waals surface area contributed by atoms with Crippen LogP contribution in [0.15, 0.2) is 53.6 Å². The third-order valence-corrected chi connectivity index (χ3v) is 5.21. The topological polar surface area (TPSA) is 17.0 Å². The number of benzene rings is 2. The van der Waals surface area contributed by atoms with Crippen LogP contribution in [0.1, 0.15) is 16.7 Å². The number of nitrogens with zero attached hydrogens (tertiary/aromatic N) is 1. The van der Waals surface area contributed by atoms with E-state index in [0.29, 0.717) is 0 Å². The zero-order valence-electron chi connectivity index (χ0n) is 12.7. The summed E-state index contributed by atoms with van der Waals surface area (Å²) in [5.74, 6) is 0. The summed E-state index contributed by atoms with van der Waals surface area (Å²) in [7, 11) is 0. The minimum absolute atomic E-state index is 0.618. The fourth-order valence-corrected chi connectivity index (χ4v) is 4.01. The zero-order chi connectivity index (χ0) is 16.7. The van der Waals surface area contributed by atoms with Crippen LogP contribution in [0.3, 0.4) is 0 Å². The maximum Gasteiger partial charge on any atom is 0.416 e. The van der Waals surface area contributed by atoms with Gasteiger partial charge in [-0.2, -0.15) is 13.2 Å². The van der Waals surface area contributed by atoms with Crippen LogP contribution in [-0.4, -0.2) is 10.5 Å². The SMILES string of the molecule is FC(F)(F)c1ccc(Sn2cc3c4c(cccc42)CNCC3)cc1. The van der Waals surface area contributed by atoms with Crippen molar-refractivity contribution in [2.75, 3.05) is 6.54 Å². The summed E-state index contributed by atoms with van der Waals surface area (Å²) in [5.41, 5.74) is 3.04. The van der Waals surface area contributed by atoms with Gasteiger partial charge in [0.25, 0.3) is 0 Å². The van der Waals surface area contributed by atoms with Crippen molar-refractivity contribution in [3.8, 4) is 0 Å². The molecule has 24 heavy (non-hydrogen) atoms. The molecule has 0 amide bonds. The van der Waals surface area contributed by atoms with Crippen LogP contribution in [0.5, 0.6) is 0 Å². The molecule has 0 atom stereocenters. The summed E-state index contributed by atoms with van der Waals surface area (Å²) in [6.45, 7) is 1.78. The Labute approximate surface area is 141 Å². The first-order valence-corrected chi connectivity index (χ1v) is 8.48. The lowest BCUT2D eigenvalue weighted by Crippen LogP contribution is -2.13. The lowest BCUT2D eigenvalue weighted by Gasteiger charge is -2.09. The standard InChI is InChI=1S/C18H15F3N2S/c19-18(20,21)14-4-6-15(7-5-14)24-23-11-13-8-9-22-10-12-2-1-3-16(23)17(12)13/h1-7,11,22H,8-10H2. The van der Waals surface area contributed by atoms with E-state index in [0.717, 1.165) is 42.1 Å². The molecule has 1 aliphatic heterocycles. The Morgan fingerprint density at radius 2 is 1.79 bits per heavy atom. The Morgan fingerprint density at radius 1 is 1.00 bits per heavy atom. The number of aromatic nitrogens is 1. The number of nitrogens with one attached hydrogen (secondary N) is 1. The van der Waals surface area contributed by atoms with Crippen molar-refractivity contribution >= 4 is 22.9 Å². The summed E-state index contributed by atoms with van der Waals surface area (Å²) >= 11 is 1.44. The van der Waals surface area contributed by atoms with Gasteiger partial charge in [0.1, 0.15) is 0 Å². The monoisotopic (exact) mass is 348 g/mol. The van der Waals surface area contributed by atoms with Gasteiger partial charge >= 0.3 is 6.18 Å². The minimum Gasteiger partial charge on any atom is -0.312 e. The Kier molecular flexibility index (Phi) is 3.81. The molecule has 0 bridgehead atoms. The van der Waals surface area contributed by atoms with Crippen molar-refractivity contribution in [2.45, 2.75) is 24.0 Å². The van der Waals surface area contributed by atoms with E-state index >= 15 is 0 Å². The van der Waals surface area contributed by atoms with E-state index in [-0.39, 0.29) is 0 Å². The fourth-order valence-electron chi connectivity index (χ4n) is 3.09. The minimum atomic E-state index is -4.30. The van der Waals surface area contributed by atoms with Crippen molar-refractivity contribution in [2.24, 2.45) is 0 Å². The molecule has 0 radical (unpaired) electrons. The maximum atomic E-state index is 12.7. The summed E-state index contributed by atoms with van der Waals surface area (Å²) in [5, 5.41) is 4.67. The van der Waals surface area contributed by atoms with Gasteiger partial charge in [0.15, 0.2) is 0 Å². The van der Waals surface area contributed by atoms with Crippen LogP contribution in [0.25, 0.3) is 10.9 Å². The van der Waals surface area contributed by atoms with Gasteiger partial charge in [0, 0.05) is 23.0 Å². The number of alkyl halides is 3. The highest BCUT2D eigenvalue weighted by molar-refractivity contribution is 7.98. The van der Waals surface area contributed by atoms with Gasteiger partial charge in [0.05, 0.1) is 11.1 Å². The fraction of sp³-hybridized carbons (Fsp3) is 0.222. The molecule has 6 heteroatoms. The first-order valence-electron chi connectivity index (χ1n) is 7.70. The molecule has 1 aliphatic rings. The van der Waals surface area contributed by atoms with Gasteiger partial charge in [0.2, 0.25) is 0 Å². The summed E-state index contributed by atoms with van der Waals surface area (Å²) in [4.78, 5) is 0.784. The average molecular weight is 348 g/mol. The molecule has 0 saturated carbocycles. The molecular weight excluding hydrogens is 333 g/mol. The van der Waals surface area contributed by atoms with E-state index in [2.05, 4.69) is 27.6 Å². The van der Waals surface area contributed by atoms with Crippen molar-refractivity contribution in [3.63, 3.8) is 0 Å². The molecule has 124 valence electrons. The summed E-state index contributed by atoms with van der Waals surface area (Å²) < 4.78 is 40.1. The molecule has 1 N–H and O–H groups in total. The second-order valence-corrected chi connectivity index (χ2v) is 6.88. The quantitative estimate of drug-likeness (QED) is 0.712. The van der Waals surface area contributed by atoms with Crippen LogP contribution in [0, 0.1) is 0 Å². The second kappa shape index (κ2) is 5.86. The molecular formula is C18H15F3N2S. The zero-order valence-corrected chi connectivity index (χ0v) is 13.5. The predicted molar refractivity (Wildman–Crippen MR) is 90.0 cm³/mol. The van der Waals surface area contributed by atoms with Gasteiger partial charge in [-0.3, -0.25) is 3.97 Å². The third kappa shape index (κ3) is 2.80. The highest BCUT2D eigenvalue weighted by Gasteiger charge is 2.30. The first-order chi connectivity index (χ1) is 11.5. The predicted octanol–water partition coefficient (Wildman–Crippen LogP) is 4.86. The lowest BCUT2D eigenvalue weighted by atomic mass is 10.1. The summed E-state index contributed by atoms with van der Waals surface area (Å²) in [6.07, 6.45) is -1.24. The van der Waals surface area contributed by atoms with E-state index in [1.807, 2.05) is 6.07 Å². The van der Waals surface area contributed by atoms with E-state index in [4.69, 9.17) is 0 Å². The first kappa shape index (κ1) is 15.6. The second-order valence-electron chi connectivity index (χ2n) is 5.83. The summed E-state index contributed by atoms with van der Waals surface area (Å²) in [6, 6.07) is 11.5. The Morgan fingerprint density at radius 3 is 2.54 bits per heavy atom. The highest BCUT2D eigenvalue weighted by Crippen LogP contribution is 2.34.